The highest BCUT2D eigenvalue weighted by Gasteiger charge is 2.43. The van der Waals surface area contributed by atoms with E-state index in [0.717, 1.165) is 40.3 Å². The number of esters is 1. The molecule has 3 rings (SSSR count). The topological polar surface area (TPSA) is 55.4 Å². The Balaban J connectivity index is 2.11. The van der Waals surface area contributed by atoms with E-state index in [1.165, 1.54) is 0 Å². The van der Waals surface area contributed by atoms with Crippen molar-refractivity contribution < 1.29 is 14.3 Å². The van der Waals surface area contributed by atoms with Crippen LogP contribution < -0.4 is 5.32 Å². The third-order valence-electron chi connectivity index (χ3n) is 5.35. The molecule has 2 aliphatic rings. The van der Waals surface area contributed by atoms with Gasteiger partial charge in [-0.2, -0.15) is 0 Å². The van der Waals surface area contributed by atoms with Crippen LogP contribution in [-0.2, 0) is 14.3 Å². The van der Waals surface area contributed by atoms with Crippen molar-refractivity contribution in [2.75, 3.05) is 12.9 Å². The number of benzene rings is 1. The van der Waals surface area contributed by atoms with E-state index in [-0.39, 0.29) is 23.1 Å². The molecule has 0 spiro atoms. The first-order chi connectivity index (χ1) is 13.3. The van der Waals surface area contributed by atoms with E-state index in [1.54, 1.807) is 11.8 Å². The Bertz CT molecular complexity index is 849. The number of nitrogens with one attached hydrogen (secondary N) is 1. The number of rotatable bonds is 5. The minimum Gasteiger partial charge on any atom is -0.462 e. The van der Waals surface area contributed by atoms with Gasteiger partial charge in [-0.25, -0.2) is 4.79 Å². The second kappa shape index (κ2) is 8.16. The van der Waals surface area contributed by atoms with E-state index in [4.69, 9.17) is 4.74 Å². The molecule has 1 aromatic rings. The molecule has 0 aromatic heterocycles. The smallest absolute Gasteiger partial charge is 0.336 e. The quantitative estimate of drug-likeness (QED) is 0.560. The third kappa shape index (κ3) is 4.04. The molecular weight excluding hydrogens is 370 g/mol. The first-order valence-electron chi connectivity index (χ1n) is 9.82. The highest BCUT2D eigenvalue weighted by molar-refractivity contribution is 7.98. The Kier molecular flexibility index (Phi) is 6.04. The number of carbonyl (C=O) groups is 2. The molecule has 0 saturated carbocycles. The average molecular weight is 400 g/mol. The van der Waals surface area contributed by atoms with E-state index in [9.17, 15) is 9.59 Å². The lowest BCUT2D eigenvalue weighted by molar-refractivity contribution is -0.139. The fourth-order valence-corrected chi connectivity index (χ4v) is 4.52. The van der Waals surface area contributed by atoms with E-state index < -0.39 is 0 Å². The molecule has 150 valence electrons. The maximum Gasteiger partial charge on any atom is 0.336 e. The first kappa shape index (κ1) is 20.7. The number of ether oxygens (including phenoxy) is 1. The summed E-state index contributed by atoms with van der Waals surface area (Å²) in [5.41, 5.74) is 3.88. The summed E-state index contributed by atoms with van der Waals surface area (Å²) in [6.45, 7) is 8.48. The minimum absolute atomic E-state index is 0.0866. The van der Waals surface area contributed by atoms with Crippen molar-refractivity contribution in [1.29, 1.82) is 0 Å². The zero-order valence-electron chi connectivity index (χ0n) is 17.3. The lowest BCUT2D eigenvalue weighted by Crippen LogP contribution is -2.38. The summed E-state index contributed by atoms with van der Waals surface area (Å²) in [4.78, 5) is 27.2. The molecule has 0 bridgehead atoms. The molecule has 1 N–H and O–H groups in total. The van der Waals surface area contributed by atoms with Crippen molar-refractivity contribution >= 4 is 23.5 Å². The van der Waals surface area contributed by atoms with Crippen molar-refractivity contribution in [3.05, 3.63) is 52.4 Å². The summed E-state index contributed by atoms with van der Waals surface area (Å²) in [5, 5.41) is 3.37. The molecule has 1 aliphatic carbocycles. The summed E-state index contributed by atoms with van der Waals surface area (Å²) < 4.78 is 5.48. The summed E-state index contributed by atoms with van der Waals surface area (Å²) in [6.07, 6.45) is 4.08. The van der Waals surface area contributed by atoms with Crippen LogP contribution >= 0.6 is 11.8 Å². The standard InChI is InChI=1S/C23H29NO3S/c1-6-11-27-22(26)19-14(2)24-17-12-23(3,4)13-18(25)21(17)20(19)15-7-9-16(28-5)10-8-15/h7-10,20,24H,6,11-13H2,1-5H3/t20-/m0/s1. The molecule has 0 fully saturated rings. The van der Waals surface area contributed by atoms with Gasteiger partial charge >= 0.3 is 5.97 Å². The number of ketones is 1. The van der Waals surface area contributed by atoms with Crippen LogP contribution in [-0.4, -0.2) is 24.6 Å². The van der Waals surface area contributed by atoms with E-state index in [2.05, 4.69) is 19.2 Å². The maximum absolute atomic E-state index is 13.2. The normalized spacial score (nSPS) is 21.3. The Morgan fingerprint density at radius 3 is 2.54 bits per heavy atom. The predicted molar refractivity (Wildman–Crippen MR) is 113 cm³/mol. The molecule has 0 unspecified atom stereocenters. The van der Waals surface area contributed by atoms with E-state index >= 15 is 0 Å². The lowest BCUT2D eigenvalue weighted by Gasteiger charge is -2.39. The van der Waals surface area contributed by atoms with E-state index in [1.807, 2.05) is 44.4 Å². The second-order valence-corrected chi connectivity index (χ2v) is 9.22. The molecule has 28 heavy (non-hydrogen) atoms. The van der Waals surface area contributed by atoms with Gasteiger partial charge in [0.15, 0.2) is 5.78 Å². The Labute approximate surface area is 171 Å². The van der Waals surface area contributed by atoms with E-state index in [0.29, 0.717) is 18.6 Å². The van der Waals surface area contributed by atoms with Crippen LogP contribution in [0.2, 0.25) is 0 Å². The number of allylic oxidation sites excluding steroid dienone is 3. The van der Waals surface area contributed by atoms with Crippen molar-refractivity contribution in [3.63, 3.8) is 0 Å². The predicted octanol–water partition coefficient (Wildman–Crippen LogP) is 4.97. The summed E-state index contributed by atoms with van der Waals surface area (Å²) >= 11 is 1.67. The molecule has 1 aliphatic heterocycles. The molecule has 0 radical (unpaired) electrons. The minimum atomic E-state index is -0.375. The van der Waals surface area contributed by atoms with Gasteiger partial charge in [0.1, 0.15) is 0 Å². The van der Waals surface area contributed by atoms with Gasteiger partial charge in [0, 0.05) is 34.2 Å². The molecule has 4 nitrogen and oxygen atoms in total. The largest absolute Gasteiger partial charge is 0.462 e. The van der Waals surface area contributed by atoms with Crippen molar-refractivity contribution in [2.24, 2.45) is 5.41 Å². The highest BCUT2D eigenvalue weighted by Crippen LogP contribution is 2.46. The van der Waals surface area contributed by atoms with Gasteiger partial charge in [-0.3, -0.25) is 4.79 Å². The van der Waals surface area contributed by atoms with Crippen LogP contribution in [0.3, 0.4) is 0 Å². The fraction of sp³-hybridized carbons (Fsp3) is 0.478. The van der Waals surface area contributed by atoms with Crippen LogP contribution in [0.25, 0.3) is 0 Å². The number of hydrogen-bond acceptors (Lipinski definition) is 5. The average Bonchev–Trinajstić information content (AvgIpc) is 2.64. The van der Waals surface area contributed by atoms with Crippen LogP contribution in [0, 0.1) is 5.41 Å². The monoisotopic (exact) mass is 399 g/mol. The second-order valence-electron chi connectivity index (χ2n) is 8.34. The molecule has 0 saturated heterocycles. The Morgan fingerprint density at radius 2 is 1.93 bits per heavy atom. The summed E-state index contributed by atoms with van der Waals surface area (Å²) in [5.74, 6) is -0.596. The number of dihydropyridines is 1. The van der Waals surface area contributed by atoms with Gasteiger partial charge in [-0.15, -0.1) is 11.8 Å². The molecule has 5 heteroatoms. The molecular formula is C23H29NO3S. The van der Waals surface area contributed by atoms with Gasteiger partial charge in [-0.05, 0) is 49.1 Å². The maximum atomic E-state index is 13.2. The number of hydrogen-bond donors (Lipinski definition) is 1. The van der Waals surface area contributed by atoms with Crippen LogP contribution in [0.1, 0.15) is 58.4 Å². The third-order valence-corrected chi connectivity index (χ3v) is 6.09. The van der Waals surface area contributed by atoms with Gasteiger partial charge in [-0.1, -0.05) is 32.9 Å². The van der Waals surface area contributed by atoms with Crippen molar-refractivity contribution in [3.8, 4) is 0 Å². The van der Waals surface area contributed by atoms with Crippen LogP contribution in [0.5, 0.6) is 0 Å². The molecule has 1 atom stereocenters. The Morgan fingerprint density at radius 1 is 1.25 bits per heavy atom. The molecule has 0 amide bonds. The van der Waals surface area contributed by atoms with Gasteiger partial charge in [0.25, 0.3) is 0 Å². The molecule has 1 aromatic carbocycles. The zero-order chi connectivity index (χ0) is 20.5. The zero-order valence-corrected chi connectivity index (χ0v) is 18.2. The van der Waals surface area contributed by atoms with Gasteiger partial charge in [0.05, 0.1) is 12.2 Å². The summed E-state index contributed by atoms with van der Waals surface area (Å²) in [6, 6.07) is 8.15. The van der Waals surface area contributed by atoms with Crippen molar-refractivity contribution in [1.82, 2.24) is 5.32 Å². The number of Topliss-reactive ketones (excluding diaryl/α,β-unsaturated/α-hetero) is 1. The summed E-state index contributed by atoms with van der Waals surface area (Å²) in [7, 11) is 0. The first-order valence-corrected chi connectivity index (χ1v) is 11.0. The number of carbonyl (C=O) groups excluding carboxylic acids is 2. The van der Waals surface area contributed by atoms with Crippen molar-refractivity contribution in [2.45, 2.75) is 57.8 Å². The highest BCUT2D eigenvalue weighted by atomic mass is 32.2. The molecule has 1 heterocycles. The lowest BCUT2D eigenvalue weighted by atomic mass is 9.68. The fourth-order valence-electron chi connectivity index (χ4n) is 4.11. The van der Waals surface area contributed by atoms with Crippen LogP contribution in [0.15, 0.2) is 51.7 Å². The number of thioether (sulfide) groups is 1. The van der Waals surface area contributed by atoms with Gasteiger partial charge < -0.3 is 10.1 Å². The SMILES string of the molecule is CCCOC(=O)C1=C(C)NC2=C(C(=O)CC(C)(C)C2)[C@H]1c1ccc(SC)cc1. The van der Waals surface area contributed by atoms with Crippen LogP contribution in [0.4, 0.5) is 0 Å². The Hall–Kier alpha value is -2.01. The van der Waals surface area contributed by atoms with Gasteiger partial charge in [0.2, 0.25) is 0 Å².